The molecule has 6 aliphatic rings. The summed E-state index contributed by atoms with van der Waals surface area (Å²) in [5, 5.41) is 13.2. The van der Waals surface area contributed by atoms with Gasteiger partial charge in [0.05, 0.1) is 11.8 Å². The van der Waals surface area contributed by atoms with Gasteiger partial charge in [0, 0.05) is 37.9 Å². The van der Waals surface area contributed by atoms with Gasteiger partial charge in [-0.2, -0.15) is 0 Å². The van der Waals surface area contributed by atoms with Crippen molar-refractivity contribution in [2.24, 2.45) is 52.3 Å². The second kappa shape index (κ2) is 15.7. The molecule has 0 aromatic carbocycles. The fourth-order valence-electron chi connectivity index (χ4n) is 12.4. The smallest absolute Gasteiger partial charge is 0.253 e. The Kier molecular flexibility index (Phi) is 11.9. The van der Waals surface area contributed by atoms with E-state index in [9.17, 15) is 24.3 Å². The van der Waals surface area contributed by atoms with Gasteiger partial charge < -0.3 is 10.4 Å². The molecule has 1 saturated heterocycles. The molecule has 12 atom stereocenters. The van der Waals surface area contributed by atoms with E-state index in [2.05, 4.69) is 32.0 Å². The minimum Gasteiger partial charge on any atom is -0.393 e. The predicted octanol–water partition coefficient (Wildman–Crippen LogP) is 7.84. The zero-order valence-electron chi connectivity index (χ0n) is 32.0. The summed E-state index contributed by atoms with van der Waals surface area (Å²) in [6.07, 6.45) is 20.7. The molecule has 2 heterocycles. The number of nitrogens with zero attached hydrogens (tertiary/aromatic N) is 1. The van der Waals surface area contributed by atoms with Gasteiger partial charge in [-0.25, -0.2) is 0 Å². The number of unbranched alkanes of at least 4 members (excludes halogenated alkanes) is 1. The van der Waals surface area contributed by atoms with Gasteiger partial charge in [-0.15, -0.1) is 24.1 Å². The van der Waals surface area contributed by atoms with E-state index in [4.69, 9.17) is 6.42 Å². The molecule has 8 heteroatoms. The molecule has 0 spiro atoms. The van der Waals surface area contributed by atoms with E-state index < -0.39 is 6.04 Å². The van der Waals surface area contributed by atoms with Crippen molar-refractivity contribution in [2.45, 2.75) is 161 Å². The number of allylic oxidation sites excluding steroid dienone is 1. The number of nitrogens with one attached hydrogen (secondary N) is 1. The Bertz CT molecular complexity index is 1440. The minimum absolute atomic E-state index is 0.0755. The van der Waals surface area contributed by atoms with Crippen molar-refractivity contribution in [3.8, 4) is 12.3 Å². The van der Waals surface area contributed by atoms with Crippen LogP contribution in [0, 0.1) is 64.6 Å². The average Bonchev–Trinajstić information content (AvgIpc) is 3.46. The summed E-state index contributed by atoms with van der Waals surface area (Å²) >= 11 is 1.60. The first-order valence-electron chi connectivity index (χ1n) is 20.4. The normalized spacial score (nSPS) is 38.3. The summed E-state index contributed by atoms with van der Waals surface area (Å²) in [4.78, 5) is 54.6. The van der Waals surface area contributed by atoms with Gasteiger partial charge in [0.2, 0.25) is 5.91 Å². The first-order chi connectivity index (χ1) is 24.3. The molecule has 0 aromatic rings. The first kappa shape index (κ1) is 38.6. The van der Waals surface area contributed by atoms with Gasteiger partial charge in [-0.05, 0) is 135 Å². The van der Waals surface area contributed by atoms with Crippen molar-refractivity contribution >= 4 is 35.1 Å². The van der Waals surface area contributed by atoms with Gasteiger partial charge in [0.1, 0.15) is 17.2 Å². The second-order valence-electron chi connectivity index (χ2n) is 18.2. The summed E-state index contributed by atoms with van der Waals surface area (Å²) < 4.78 is 0. The van der Waals surface area contributed by atoms with E-state index in [0.29, 0.717) is 65.7 Å². The molecular weight excluding hydrogens is 657 g/mol. The van der Waals surface area contributed by atoms with Gasteiger partial charge in [0.25, 0.3) is 5.91 Å². The molecule has 282 valence electrons. The number of rotatable bonds is 14. The molecule has 5 fully saturated rings. The predicted molar refractivity (Wildman–Crippen MR) is 203 cm³/mol. The molecule has 2 aliphatic heterocycles. The standard InChI is InChI=1S/C43H64N2O5S/c1-7-9-11-30(46)22-28(10-8-2)23-36(48)39-27(4)25-51-41-38(40(50)45(39)41)44-37(49)17-12-26(3)33-15-16-34-32-14-13-29-24-31(47)18-20-42(29,5)35(32)19-21-43(33,34)6/h2,26,28-29,31-35,38,41,47H,7,9-25H2,1,3-6H3,(H,44,49)/t26-,28?,29-,31-,32+,33-,34+,35+,38?,41?,42+,43-/m1/s1. The van der Waals surface area contributed by atoms with Crippen LogP contribution in [0.3, 0.4) is 0 Å². The minimum atomic E-state index is -0.619. The van der Waals surface area contributed by atoms with Crippen molar-refractivity contribution in [1.29, 1.82) is 0 Å². The number of ketones is 2. The molecule has 0 radical (unpaired) electrons. The number of aliphatic hydroxyl groups excluding tert-OH is 1. The number of hydrogen-bond donors (Lipinski definition) is 2. The molecule has 3 unspecified atom stereocenters. The summed E-state index contributed by atoms with van der Waals surface area (Å²) in [7, 11) is 0. The van der Waals surface area contributed by atoms with Gasteiger partial charge in [0.15, 0.2) is 5.78 Å². The number of Topliss-reactive ketones (excluding diaryl/α,β-unsaturated/α-hetero) is 2. The summed E-state index contributed by atoms with van der Waals surface area (Å²) in [5.74, 6) is 6.83. The van der Waals surface area contributed by atoms with Crippen molar-refractivity contribution < 1.29 is 24.3 Å². The molecule has 6 rings (SSSR count). The van der Waals surface area contributed by atoms with Crippen LogP contribution < -0.4 is 5.32 Å². The zero-order chi connectivity index (χ0) is 36.7. The second-order valence-corrected chi connectivity index (χ2v) is 19.3. The van der Waals surface area contributed by atoms with Crippen LogP contribution in [0.5, 0.6) is 0 Å². The summed E-state index contributed by atoms with van der Waals surface area (Å²) in [6.45, 7) is 11.4. The summed E-state index contributed by atoms with van der Waals surface area (Å²) in [6, 6.07) is -0.619. The molecule has 51 heavy (non-hydrogen) atoms. The van der Waals surface area contributed by atoms with Crippen LogP contribution in [0.4, 0.5) is 0 Å². The highest BCUT2D eigenvalue weighted by Crippen LogP contribution is 2.68. The third-order valence-corrected chi connectivity index (χ3v) is 16.6. The lowest BCUT2D eigenvalue weighted by molar-refractivity contribution is -0.147. The fourth-order valence-corrected chi connectivity index (χ4v) is 13.7. The molecule has 0 bridgehead atoms. The lowest BCUT2D eigenvalue weighted by Crippen LogP contribution is -2.70. The molecular formula is C43H64N2O5S. The Labute approximate surface area is 311 Å². The molecule has 2 amide bonds. The number of thioether (sulfide) groups is 1. The highest BCUT2D eigenvalue weighted by Gasteiger charge is 2.60. The number of hydrogen-bond acceptors (Lipinski definition) is 6. The Morgan fingerprint density at radius 2 is 1.78 bits per heavy atom. The maximum absolute atomic E-state index is 13.6. The van der Waals surface area contributed by atoms with E-state index in [1.54, 1.807) is 16.7 Å². The van der Waals surface area contributed by atoms with Crippen LogP contribution in [0.1, 0.15) is 144 Å². The average molecular weight is 721 g/mol. The van der Waals surface area contributed by atoms with Crippen molar-refractivity contribution in [2.75, 3.05) is 5.75 Å². The van der Waals surface area contributed by atoms with E-state index in [-0.39, 0.29) is 47.2 Å². The highest BCUT2D eigenvalue weighted by atomic mass is 32.2. The van der Waals surface area contributed by atoms with Crippen LogP contribution in [-0.2, 0) is 19.2 Å². The number of aliphatic hydroxyl groups is 1. The Morgan fingerprint density at radius 1 is 1.04 bits per heavy atom. The van der Waals surface area contributed by atoms with E-state index in [0.717, 1.165) is 55.4 Å². The Morgan fingerprint density at radius 3 is 2.53 bits per heavy atom. The van der Waals surface area contributed by atoms with Crippen molar-refractivity contribution in [3.05, 3.63) is 11.3 Å². The van der Waals surface area contributed by atoms with E-state index >= 15 is 0 Å². The van der Waals surface area contributed by atoms with Crippen LogP contribution in [0.25, 0.3) is 0 Å². The number of carbonyl (C=O) groups excluding carboxylic acids is 4. The van der Waals surface area contributed by atoms with Crippen LogP contribution in [0.15, 0.2) is 11.3 Å². The van der Waals surface area contributed by atoms with E-state index in [1.807, 2.05) is 13.8 Å². The lowest BCUT2D eigenvalue weighted by atomic mass is 9.44. The Balaban J connectivity index is 1.01. The zero-order valence-corrected chi connectivity index (χ0v) is 32.8. The van der Waals surface area contributed by atoms with Crippen molar-refractivity contribution in [1.82, 2.24) is 10.2 Å². The number of terminal acetylenes is 1. The van der Waals surface area contributed by atoms with Crippen molar-refractivity contribution in [3.63, 3.8) is 0 Å². The monoisotopic (exact) mass is 720 g/mol. The number of amides is 2. The fraction of sp³-hybridized carbons (Fsp3) is 0.814. The highest BCUT2D eigenvalue weighted by molar-refractivity contribution is 8.00. The third-order valence-electron chi connectivity index (χ3n) is 15.2. The molecule has 7 nitrogen and oxygen atoms in total. The molecule has 4 saturated carbocycles. The number of fused-ring (bicyclic) bond motifs is 6. The third kappa shape index (κ3) is 7.38. The van der Waals surface area contributed by atoms with Gasteiger partial charge in [-0.1, -0.05) is 34.1 Å². The first-order valence-corrected chi connectivity index (χ1v) is 21.5. The Hall–Kier alpha value is -2.11. The quantitative estimate of drug-likeness (QED) is 0.140. The topological polar surface area (TPSA) is 104 Å². The van der Waals surface area contributed by atoms with Crippen LogP contribution in [0.2, 0.25) is 0 Å². The van der Waals surface area contributed by atoms with Crippen LogP contribution in [-0.4, -0.2) is 56.7 Å². The molecule has 4 aliphatic carbocycles. The van der Waals surface area contributed by atoms with Gasteiger partial charge in [-0.3, -0.25) is 24.1 Å². The van der Waals surface area contributed by atoms with E-state index in [1.165, 1.54) is 44.9 Å². The maximum Gasteiger partial charge on any atom is 0.253 e. The largest absolute Gasteiger partial charge is 0.393 e. The number of β-lactam (4-membered cyclic amide) rings is 1. The molecule has 0 aromatic heterocycles. The summed E-state index contributed by atoms with van der Waals surface area (Å²) in [5.41, 5.74) is 2.01. The van der Waals surface area contributed by atoms with Gasteiger partial charge >= 0.3 is 0 Å². The number of carbonyl (C=O) groups is 4. The SMILES string of the molecule is C#CCC(CC(=O)CCCC)CC(=O)C1=C(C)CSC2C(NC(=O)CC[C@@H](C)[C@H]3CC[C@H]4[C@@H]5CC[C@@H]6C[C@H](O)CC[C@]6(C)[C@H]5CC[C@]34C)C(=O)N12. The lowest BCUT2D eigenvalue weighted by Gasteiger charge is -2.61. The molecule has 2 N–H and O–H groups in total. The van der Waals surface area contributed by atoms with Crippen LogP contribution >= 0.6 is 11.8 Å². The maximum atomic E-state index is 13.6.